The van der Waals surface area contributed by atoms with Gasteiger partial charge in [0.2, 0.25) is 0 Å². The Morgan fingerprint density at radius 2 is 1.00 bits per heavy atom. The van der Waals surface area contributed by atoms with Crippen molar-refractivity contribution in [3.8, 4) is 22.5 Å². The number of halogens is 2. The molecule has 6 rings (SSSR count). The number of benzene rings is 2. The predicted molar refractivity (Wildman–Crippen MR) is 177 cm³/mol. The van der Waals surface area contributed by atoms with Crippen molar-refractivity contribution in [2.24, 2.45) is 0 Å². The normalized spacial score (nSPS) is 9.32. The van der Waals surface area contributed by atoms with Crippen LogP contribution in [0.4, 0.5) is 0 Å². The number of aromatic nitrogens is 2. The molecule has 0 fully saturated rings. The van der Waals surface area contributed by atoms with Gasteiger partial charge in [0.05, 0.1) is 11.4 Å². The van der Waals surface area contributed by atoms with E-state index in [-0.39, 0.29) is 39.7 Å². The van der Waals surface area contributed by atoms with E-state index in [9.17, 15) is 0 Å². The molecule has 0 N–H and O–H groups in total. The summed E-state index contributed by atoms with van der Waals surface area (Å²) in [6.45, 7) is 7.44. The van der Waals surface area contributed by atoms with Crippen LogP contribution in [0.15, 0.2) is 109 Å². The van der Waals surface area contributed by atoms with E-state index >= 15 is 0 Å². The van der Waals surface area contributed by atoms with Crippen LogP contribution in [0, 0.1) is 14.9 Å². The second kappa shape index (κ2) is 18.9. The van der Waals surface area contributed by atoms with Crippen molar-refractivity contribution >= 4 is 53.2 Å². The molecule has 0 saturated heterocycles. The summed E-state index contributed by atoms with van der Waals surface area (Å²) >= 11 is 1.36. The molecule has 0 bridgehead atoms. The average Bonchev–Trinajstić information content (AvgIpc) is 3.59. The van der Waals surface area contributed by atoms with Crippen LogP contribution >= 0.6 is 24.8 Å². The molecule has 0 atom stereocenters. The summed E-state index contributed by atoms with van der Waals surface area (Å²) in [5, 5.41) is 5.24. The summed E-state index contributed by atoms with van der Waals surface area (Å²) in [5.74, 6) is 0. The molecule has 0 saturated carbocycles. The third-order valence-electron chi connectivity index (χ3n) is 6.32. The summed E-state index contributed by atoms with van der Waals surface area (Å²) in [6.07, 6.45) is 5.85. The quantitative estimate of drug-likeness (QED) is 0.139. The zero-order chi connectivity index (χ0) is 25.3. The van der Waals surface area contributed by atoms with Gasteiger partial charge in [0.1, 0.15) is 0 Å². The van der Waals surface area contributed by atoms with Crippen molar-refractivity contribution < 1.29 is 23.3 Å². The molecule has 6 aromatic rings. The SMILES string of the molecule is CCc1cc2c(-c3ccccn3)cccc2[cH-]1.CCc1cc2c(-c3ccccn3)cccc2[cH-]1.Cl.Cl.[CH3-].[CH3-].[Si]=[Zr]. The van der Waals surface area contributed by atoms with Crippen LogP contribution in [0.1, 0.15) is 25.0 Å². The fraction of sp³-hybridized carbons (Fsp3) is 0.118. The molecule has 208 valence electrons. The Balaban J connectivity index is 0.000000655. The Kier molecular flexibility index (Phi) is 17.8. The van der Waals surface area contributed by atoms with Gasteiger partial charge < -0.3 is 14.9 Å². The van der Waals surface area contributed by atoms with E-state index < -0.39 is 0 Å². The molecule has 4 aromatic carbocycles. The fourth-order valence-electron chi connectivity index (χ4n) is 4.49. The first kappa shape index (κ1) is 37.6. The number of hydrogen-bond donors (Lipinski definition) is 0. The van der Waals surface area contributed by atoms with E-state index in [1.807, 2.05) is 36.7 Å². The van der Waals surface area contributed by atoms with E-state index in [1.54, 1.807) is 0 Å². The van der Waals surface area contributed by atoms with Crippen molar-refractivity contribution in [1.82, 2.24) is 9.97 Å². The van der Waals surface area contributed by atoms with Crippen LogP contribution in [-0.2, 0) is 36.2 Å². The molecule has 0 amide bonds. The molecule has 40 heavy (non-hydrogen) atoms. The summed E-state index contributed by atoms with van der Waals surface area (Å²) < 4.78 is 0. The number of rotatable bonds is 4. The van der Waals surface area contributed by atoms with Crippen LogP contribution in [0.3, 0.4) is 0 Å². The first-order valence-corrected chi connectivity index (χ1v) is 16.4. The fourth-order valence-corrected chi connectivity index (χ4v) is 4.49. The third-order valence-corrected chi connectivity index (χ3v) is 6.32. The molecule has 0 spiro atoms. The molecule has 2 nitrogen and oxygen atoms in total. The molecule has 0 aliphatic rings. The first-order valence-electron chi connectivity index (χ1n) is 12.2. The molecule has 0 unspecified atom stereocenters. The van der Waals surface area contributed by atoms with Crippen LogP contribution in [0.2, 0.25) is 0 Å². The summed E-state index contributed by atoms with van der Waals surface area (Å²) in [5.41, 5.74) is 7.33. The monoisotopic (exact) mass is 660 g/mol. The van der Waals surface area contributed by atoms with E-state index in [0.717, 1.165) is 24.2 Å². The van der Waals surface area contributed by atoms with Gasteiger partial charge in [-0.1, -0.05) is 38.1 Å². The average molecular weight is 663 g/mol. The zero-order valence-corrected chi connectivity index (χ0v) is 28.6. The maximum atomic E-state index is 4.43. The zero-order valence-electron chi connectivity index (χ0n) is 23.5. The number of nitrogens with zero attached hydrogens (tertiary/aromatic N) is 2. The summed E-state index contributed by atoms with van der Waals surface area (Å²) in [6, 6.07) is 34.0. The Hall–Kier alpha value is -2.36. The van der Waals surface area contributed by atoms with Gasteiger partial charge in [-0.3, -0.25) is 9.97 Å². The topological polar surface area (TPSA) is 25.8 Å². The molecular formula is C34H36Cl2N2SiZr-4. The van der Waals surface area contributed by atoms with Gasteiger partial charge in [-0.25, -0.2) is 0 Å². The second-order valence-electron chi connectivity index (χ2n) is 8.48. The van der Waals surface area contributed by atoms with Crippen molar-refractivity contribution in [2.75, 3.05) is 0 Å². The second-order valence-corrected chi connectivity index (χ2v) is 8.48. The third kappa shape index (κ3) is 8.82. The predicted octanol–water partition coefficient (Wildman–Crippen LogP) is 9.73. The van der Waals surface area contributed by atoms with Crippen LogP contribution in [0.5, 0.6) is 0 Å². The number of aryl methyl sites for hydroxylation is 2. The van der Waals surface area contributed by atoms with E-state index in [0.29, 0.717) is 0 Å². The molecule has 0 aliphatic heterocycles. The van der Waals surface area contributed by atoms with Gasteiger partial charge in [0, 0.05) is 12.4 Å². The Bertz CT molecular complexity index is 1430. The van der Waals surface area contributed by atoms with Gasteiger partial charge in [-0.2, -0.15) is 12.1 Å². The summed E-state index contributed by atoms with van der Waals surface area (Å²) in [7, 11) is 0. The Morgan fingerprint density at radius 3 is 1.32 bits per heavy atom. The summed E-state index contributed by atoms with van der Waals surface area (Å²) in [4.78, 5) is 8.87. The van der Waals surface area contributed by atoms with Crippen molar-refractivity contribution in [3.63, 3.8) is 0 Å². The first-order chi connectivity index (χ1) is 17.8. The van der Waals surface area contributed by atoms with Gasteiger partial charge in [-0.05, 0) is 48.2 Å². The Labute approximate surface area is 269 Å². The molecule has 0 aliphatic carbocycles. The molecular weight excluding hydrogens is 627 g/mol. The van der Waals surface area contributed by atoms with Crippen molar-refractivity contribution in [3.05, 3.63) is 135 Å². The van der Waals surface area contributed by atoms with Gasteiger partial charge in [-0.15, -0.1) is 93.9 Å². The maximum absolute atomic E-state index is 4.43. The number of hydrogen-bond acceptors (Lipinski definition) is 2. The Morgan fingerprint density at radius 1 is 0.600 bits per heavy atom. The number of fused-ring (bicyclic) bond motifs is 2. The molecule has 6 heteroatoms. The standard InChI is InChI=1S/2C16H14N.2CH3.2ClH.Si.Zr/c2*1-2-12-10-13-6-5-7-14(15(13)11-12)16-8-3-4-9-17-16;;;;;;/h2*3-11H,2H2,1H3;2*1H3;2*1H;;/q4*-1;;;;. The number of pyridine rings is 2. The van der Waals surface area contributed by atoms with Crippen molar-refractivity contribution in [1.29, 1.82) is 0 Å². The van der Waals surface area contributed by atoms with E-state index in [4.69, 9.17) is 0 Å². The van der Waals surface area contributed by atoms with Gasteiger partial charge in [0.25, 0.3) is 0 Å². The minimum atomic E-state index is 0. The van der Waals surface area contributed by atoms with E-state index in [2.05, 4.69) is 103 Å². The van der Waals surface area contributed by atoms with Crippen LogP contribution < -0.4 is 0 Å². The molecule has 2 aromatic heterocycles. The van der Waals surface area contributed by atoms with Gasteiger partial charge >= 0.3 is 30.2 Å². The van der Waals surface area contributed by atoms with Crippen molar-refractivity contribution in [2.45, 2.75) is 26.7 Å². The minimum absolute atomic E-state index is 0. The van der Waals surface area contributed by atoms with Crippen LogP contribution in [-0.4, -0.2) is 16.8 Å². The molecule has 2 radical (unpaired) electrons. The van der Waals surface area contributed by atoms with Crippen LogP contribution in [0.25, 0.3) is 44.1 Å². The van der Waals surface area contributed by atoms with E-state index in [1.165, 1.54) is 67.1 Å². The van der Waals surface area contributed by atoms with Gasteiger partial charge in [0.15, 0.2) is 0 Å². The molecule has 2 heterocycles.